The molecule has 152 valence electrons. The van der Waals surface area contributed by atoms with Gasteiger partial charge in [-0.15, -0.1) is 0 Å². The molecule has 0 saturated heterocycles. The van der Waals surface area contributed by atoms with Crippen LogP contribution in [-0.4, -0.2) is 35.0 Å². The highest BCUT2D eigenvalue weighted by Crippen LogP contribution is 2.17. The van der Waals surface area contributed by atoms with Crippen molar-refractivity contribution in [2.75, 3.05) is 13.2 Å². The highest BCUT2D eigenvalue weighted by Gasteiger charge is 2.35. The maximum atomic E-state index is 10.6. The largest absolute Gasteiger partial charge is 0.491 e. The van der Waals surface area contributed by atoms with Crippen molar-refractivity contribution in [1.82, 2.24) is 4.57 Å². The Morgan fingerprint density at radius 3 is 2.55 bits per heavy atom. The lowest BCUT2D eigenvalue weighted by Gasteiger charge is -2.23. The summed E-state index contributed by atoms with van der Waals surface area (Å²) < 4.78 is 8.10. The minimum atomic E-state index is -0.467. The van der Waals surface area contributed by atoms with Gasteiger partial charge in [-0.25, -0.2) is 0 Å². The van der Waals surface area contributed by atoms with E-state index in [2.05, 4.69) is 54.1 Å². The van der Waals surface area contributed by atoms with Gasteiger partial charge in [-0.3, -0.25) is 0 Å². The Kier molecular flexibility index (Phi) is 6.33. The van der Waals surface area contributed by atoms with E-state index >= 15 is 0 Å². The fraction of sp³-hybridized carbons (Fsp3) is 0.360. The maximum absolute atomic E-state index is 10.6. The van der Waals surface area contributed by atoms with Gasteiger partial charge in [-0.05, 0) is 42.3 Å². The molecule has 3 aromatic rings. The van der Waals surface area contributed by atoms with Gasteiger partial charge in [0.2, 0.25) is 0 Å². The van der Waals surface area contributed by atoms with Crippen molar-refractivity contribution in [3.63, 3.8) is 0 Å². The van der Waals surface area contributed by atoms with Crippen LogP contribution in [0.2, 0.25) is 0 Å². The van der Waals surface area contributed by atoms with E-state index in [0.29, 0.717) is 19.2 Å². The Balaban J connectivity index is 1.37. The Labute approximate surface area is 173 Å². The summed E-state index contributed by atoms with van der Waals surface area (Å²) in [6, 6.07) is 23.3. The molecule has 1 aromatic heterocycles. The standard InChI is InChI=1S/C25H30N2O2/c1-20-8-5-6-9-21(20)16-26-15-7-10-23(26)17-27(22-13-14-22)18-24(28)19-29-25-11-3-2-4-12-25/h2-12,15,22,24,28H,13-14,16-19H2,1H3/p+1/t24-/m0/s1. The summed E-state index contributed by atoms with van der Waals surface area (Å²) >= 11 is 0. The molecule has 2 atom stereocenters. The summed E-state index contributed by atoms with van der Waals surface area (Å²) in [7, 11) is 0. The Morgan fingerprint density at radius 1 is 1.03 bits per heavy atom. The lowest BCUT2D eigenvalue weighted by Crippen LogP contribution is -3.13. The first-order valence-corrected chi connectivity index (χ1v) is 10.6. The second-order valence-electron chi connectivity index (χ2n) is 8.15. The number of nitrogens with zero attached hydrogens (tertiary/aromatic N) is 1. The van der Waals surface area contributed by atoms with Gasteiger partial charge < -0.3 is 19.3 Å². The minimum Gasteiger partial charge on any atom is -0.491 e. The third-order valence-corrected chi connectivity index (χ3v) is 5.77. The van der Waals surface area contributed by atoms with Crippen LogP contribution in [0.4, 0.5) is 0 Å². The molecule has 0 bridgehead atoms. The summed E-state index contributed by atoms with van der Waals surface area (Å²) in [5, 5.41) is 10.6. The normalized spacial score (nSPS) is 15.8. The van der Waals surface area contributed by atoms with Gasteiger partial charge in [-0.2, -0.15) is 0 Å². The molecule has 29 heavy (non-hydrogen) atoms. The van der Waals surface area contributed by atoms with E-state index in [4.69, 9.17) is 4.74 Å². The molecule has 1 fully saturated rings. The quantitative estimate of drug-likeness (QED) is 0.558. The van der Waals surface area contributed by atoms with E-state index in [1.807, 2.05) is 30.3 Å². The molecule has 2 N–H and O–H groups in total. The van der Waals surface area contributed by atoms with Gasteiger partial charge in [0.05, 0.1) is 11.7 Å². The lowest BCUT2D eigenvalue weighted by atomic mass is 10.1. The zero-order valence-corrected chi connectivity index (χ0v) is 17.1. The highest BCUT2D eigenvalue weighted by molar-refractivity contribution is 5.26. The molecule has 1 saturated carbocycles. The number of aliphatic hydroxyl groups is 1. The molecule has 4 rings (SSSR count). The fourth-order valence-corrected chi connectivity index (χ4v) is 3.91. The van der Waals surface area contributed by atoms with Crippen LogP contribution in [0.1, 0.15) is 29.7 Å². The Morgan fingerprint density at radius 2 is 1.79 bits per heavy atom. The molecule has 0 amide bonds. The number of benzene rings is 2. The molecule has 0 radical (unpaired) electrons. The number of quaternary nitrogens is 1. The van der Waals surface area contributed by atoms with E-state index in [-0.39, 0.29) is 0 Å². The number of nitrogens with one attached hydrogen (secondary N) is 1. The fourth-order valence-electron chi connectivity index (χ4n) is 3.91. The molecule has 1 aliphatic carbocycles. The predicted molar refractivity (Wildman–Crippen MR) is 115 cm³/mol. The van der Waals surface area contributed by atoms with Crippen molar-refractivity contribution in [2.45, 2.75) is 45.0 Å². The molecule has 2 aromatic carbocycles. The molecule has 1 unspecified atom stereocenters. The average molecular weight is 392 g/mol. The molecule has 1 heterocycles. The number of ether oxygens (including phenoxy) is 1. The van der Waals surface area contributed by atoms with E-state index in [0.717, 1.165) is 18.8 Å². The Hall–Kier alpha value is -2.56. The average Bonchev–Trinajstić information content (AvgIpc) is 3.50. The van der Waals surface area contributed by atoms with Crippen LogP contribution < -0.4 is 9.64 Å². The number of aliphatic hydroxyl groups excluding tert-OH is 1. The second kappa shape index (κ2) is 9.29. The second-order valence-corrected chi connectivity index (χ2v) is 8.15. The molecular formula is C25H31N2O2+. The first-order chi connectivity index (χ1) is 14.2. The summed E-state index contributed by atoms with van der Waals surface area (Å²) in [5.41, 5.74) is 4.01. The maximum Gasteiger partial charge on any atom is 0.137 e. The Bertz CT molecular complexity index is 902. The van der Waals surface area contributed by atoms with Crippen LogP contribution in [0.25, 0.3) is 0 Å². The smallest absolute Gasteiger partial charge is 0.137 e. The van der Waals surface area contributed by atoms with Gasteiger partial charge in [0.25, 0.3) is 0 Å². The molecular weight excluding hydrogens is 360 g/mol. The van der Waals surface area contributed by atoms with Crippen LogP contribution in [0, 0.1) is 6.92 Å². The van der Waals surface area contributed by atoms with Gasteiger partial charge in [-0.1, -0.05) is 42.5 Å². The van der Waals surface area contributed by atoms with E-state index in [1.54, 1.807) is 0 Å². The van der Waals surface area contributed by atoms with Crippen molar-refractivity contribution in [3.05, 3.63) is 89.7 Å². The van der Waals surface area contributed by atoms with Crippen LogP contribution in [0.5, 0.6) is 5.75 Å². The van der Waals surface area contributed by atoms with Crippen molar-refractivity contribution in [2.24, 2.45) is 0 Å². The zero-order chi connectivity index (χ0) is 20.1. The summed E-state index contributed by atoms with van der Waals surface area (Å²) in [4.78, 5) is 1.46. The van der Waals surface area contributed by atoms with Crippen molar-refractivity contribution < 1.29 is 14.7 Å². The first-order valence-electron chi connectivity index (χ1n) is 10.6. The predicted octanol–water partition coefficient (Wildman–Crippen LogP) is 2.83. The number of aromatic nitrogens is 1. The number of para-hydroxylation sites is 1. The number of hydrogen-bond acceptors (Lipinski definition) is 2. The van der Waals surface area contributed by atoms with Gasteiger partial charge in [0, 0.05) is 25.6 Å². The van der Waals surface area contributed by atoms with Crippen LogP contribution >= 0.6 is 0 Å². The summed E-state index contributed by atoms with van der Waals surface area (Å²) in [6.07, 6.45) is 4.20. The zero-order valence-electron chi connectivity index (χ0n) is 17.1. The topological polar surface area (TPSA) is 38.8 Å². The molecule has 0 aliphatic heterocycles. The van der Waals surface area contributed by atoms with Crippen LogP contribution in [0.15, 0.2) is 72.9 Å². The van der Waals surface area contributed by atoms with Gasteiger partial charge in [0.15, 0.2) is 0 Å². The first kappa shape index (κ1) is 19.7. The molecule has 4 heteroatoms. The number of rotatable bonds is 10. The van der Waals surface area contributed by atoms with Crippen molar-refractivity contribution in [1.29, 1.82) is 0 Å². The van der Waals surface area contributed by atoms with Gasteiger partial charge in [0.1, 0.15) is 31.5 Å². The van der Waals surface area contributed by atoms with Crippen LogP contribution in [-0.2, 0) is 13.1 Å². The number of aryl methyl sites for hydroxylation is 1. The van der Waals surface area contributed by atoms with E-state index in [1.165, 1.54) is 34.6 Å². The van der Waals surface area contributed by atoms with Gasteiger partial charge >= 0.3 is 0 Å². The third kappa shape index (κ3) is 5.49. The number of hydrogen-bond donors (Lipinski definition) is 2. The third-order valence-electron chi connectivity index (χ3n) is 5.77. The lowest BCUT2D eigenvalue weighted by molar-refractivity contribution is -0.928. The SMILES string of the molecule is Cc1ccccc1Cn1cccc1C[NH+](C[C@H](O)COc1ccccc1)C1CC1. The van der Waals surface area contributed by atoms with Crippen molar-refractivity contribution in [3.8, 4) is 5.75 Å². The molecule has 0 spiro atoms. The highest BCUT2D eigenvalue weighted by atomic mass is 16.5. The summed E-state index contributed by atoms with van der Waals surface area (Å²) in [5.74, 6) is 0.812. The van der Waals surface area contributed by atoms with E-state index in [9.17, 15) is 5.11 Å². The minimum absolute atomic E-state index is 0.338. The molecule has 1 aliphatic rings. The van der Waals surface area contributed by atoms with Crippen LogP contribution in [0.3, 0.4) is 0 Å². The van der Waals surface area contributed by atoms with Crippen molar-refractivity contribution >= 4 is 0 Å². The summed E-state index contributed by atoms with van der Waals surface area (Å²) in [6.45, 7) is 5.05. The molecule has 4 nitrogen and oxygen atoms in total. The van der Waals surface area contributed by atoms with E-state index < -0.39 is 6.10 Å². The monoisotopic (exact) mass is 391 g/mol.